The zero-order chi connectivity index (χ0) is 14.9. The molecule has 0 fully saturated rings. The molecule has 2 atom stereocenters. The van der Waals surface area contributed by atoms with Gasteiger partial charge in [-0.25, -0.2) is 9.37 Å². The number of alkyl halides is 1. The summed E-state index contributed by atoms with van der Waals surface area (Å²) in [5, 5.41) is -0.188. The standard InChI is InChI=1S/C16H22ClFN2/c1-10(2)5-6-11(3)20-15-8-7-13(18)9-14(15)19-16(20)12(4)17/h7-12H,5-6H2,1-4H3. The van der Waals surface area contributed by atoms with Crippen LogP contribution in [0.25, 0.3) is 11.0 Å². The number of aromatic nitrogens is 2. The molecule has 0 amide bonds. The second kappa shape index (κ2) is 6.13. The quantitative estimate of drug-likeness (QED) is 0.669. The van der Waals surface area contributed by atoms with Crippen LogP contribution in [0.5, 0.6) is 0 Å². The topological polar surface area (TPSA) is 17.8 Å². The summed E-state index contributed by atoms with van der Waals surface area (Å²) in [6.45, 7) is 8.53. The first-order chi connectivity index (χ1) is 9.40. The lowest BCUT2D eigenvalue weighted by atomic mass is 10.0. The molecular formula is C16H22ClFN2. The van der Waals surface area contributed by atoms with E-state index in [0.717, 1.165) is 24.2 Å². The largest absolute Gasteiger partial charge is 0.324 e. The summed E-state index contributed by atoms with van der Waals surface area (Å²) in [6, 6.07) is 5.07. The van der Waals surface area contributed by atoms with Crippen LogP contribution in [0.3, 0.4) is 0 Å². The molecule has 0 saturated carbocycles. The Hall–Kier alpha value is -1.09. The molecule has 0 spiro atoms. The summed E-state index contributed by atoms with van der Waals surface area (Å²) in [4.78, 5) is 4.51. The molecule has 1 aromatic carbocycles. The zero-order valence-corrected chi connectivity index (χ0v) is 13.3. The second-order valence-corrected chi connectivity index (χ2v) is 6.56. The maximum absolute atomic E-state index is 13.4. The van der Waals surface area contributed by atoms with Crippen molar-refractivity contribution in [2.75, 3.05) is 0 Å². The van der Waals surface area contributed by atoms with E-state index in [4.69, 9.17) is 11.6 Å². The predicted molar refractivity (Wildman–Crippen MR) is 82.7 cm³/mol. The molecular weight excluding hydrogens is 275 g/mol. The Morgan fingerprint density at radius 1 is 1.20 bits per heavy atom. The van der Waals surface area contributed by atoms with Crippen molar-refractivity contribution in [3.63, 3.8) is 0 Å². The van der Waals surface area contributed by atoms with Crippen molar-refractivity contribution >= 4 is 22.6 Å². The van der Waals surface area contributed by atoms with E-state index in [0.29, 0.717) is 17.5 Å². The molecule has 110 valence electrons. The third-order valence-electron chi connectivity index (χ3n) is 3.64. The normalized spacial score (nSPS) is 14.9. The Morgan fingerprint density at radius 2 is 1.90 bits per heavy atom. The third-order valence-corrected chi connectivity index (χ3v) is 3.83. The van der Waals surface area contributed by atoms with Crippen molar-refractivity contribution < 1.29 is 4.39 Å². The van der Waals surface area contributed by atoms with E-state index in [1.54, 1.807) is 6.07 Å². The molecule has 2 aromatic rings. The van der Waals surface area contributed by atoms with Gasteiger partial charge in [0.25, 0.3) is 0 Å². The molecule has 1 aromatic heterocycles. The highest BCUT2D eigenvalue weighted by Gasteiger charge is 2.19. The van der Waals surface area contributed by atoms with Gasteiger partial charge in [-0.3, -0.25) is 0 Å². The SMILES string of the molecule is CC(C)CCC(C)n1c(C(C)Cl)nc2cc(F)ccc21. The smallest absolute Gasteiger partial charge is 0.127 e. The number of fused-ring (bicyclic) bond motifs is 1. The molecule has 20 heavy (non-hydrogen) atoms. The van der Waals surface area contributed by atoms with Crippen LogP contribution in [0.2, 0.25) is 0 Å². The van der Waals surface area contributed by atoms with E-state index in [1.807, 2.05) is 6.92 Å². The Kier molecular flexibility index (Phi) is 4.69. The van der Waals surface area contributed by atoms with Crippen LogP contribution in [-0.2, 0) is 0 Å². The van der Waals surface area contributed by atoms with Crippen LogP contribution in [0.4, 0.5) is 4.39 Å². The number of rotatable bonds is 5. The summed E-state index contributed by atoms with van der Waals surface area (Å²) in [5.41, 5.74) is 1.65. The highest BCUT2D eigenvalue weighted by Crippen LogP contribution is 2.30. The molecule has 2 unspecified atom stereocenters. The van der Waals surface area contributed by atoms with Gasteiger partial charge in [0.1, 0.15) is 11.6 Å². The Morgan fingerprint density at radius 3 is 2.50 bits per heavy atom. The molecule has 0 aliphatic heterocycles. The van der Waals surface area contributed by atoms with Gasteiger partial charge in [-0.05, 0) is 44.7 Å². The van der Waals surface area contributed by atoms with E-state index >= 15 is 0 Å². The van der Waals surface area contributed by atoms with Gasteiger partial charge < -0.3 is 4.57 Å². The number of hydrogen-bond donors (Lipinski definition) is 0. The lowest BCUT2D eigenvalue weighted by Crippen LogP contribution is -2.10. The highest BCUT2D eigenvalue weighted by atomic mass is 35.5. The molecule has 1 heterocycles. The number of nitrogens with zero attached hydrogens (tertiary/aromatic N) is 2. The van der Waals surface area contributed by atoms with Crippen LogP contribution in [-0.4, -0.2) is 9.55 Å². The molecule has 2 rings (SSSR count). The maximum atomic E-state index is 13.4. The molecule has 0 aliphatic carbocycles. The number of imidazole rings is 1. The van der Waals surface area contributed by atoms with Crippen LogP contribution in [0, 0.1) is 11.7 Å². The summed E-state index contributed by atoms with van der Waals surface area (Å²) in [6.07, 6.45) is 2.22. The fourth-order valence-corrected chi connectivity index (χ4v) is 2.69. The van der Waals surface area contributed by atoms with Crippen LogP contribution in [0.1, 0.15) is 57.8 Å². The molecule has 2 nitrogen and oxygen atoms in total. The number of halogens is 2. The Labute approximate surface area is 125 Å². The molecule has 0 radical (unpaired) electrons. The van der Waals surface area contributed by atoms with E-state index in [1.165, 1.54) is 12.1 Å². The Bertz CT molecular complexity index is 589. The van der Waals surface area contributed by atoms with E-state index in [2.05, 4.69) is 30.3 Å². The minimum Gasteiger partial charge on any atom is -0.324 e. The van der Waals surface area contributed by atoms with Gasteiger partial charge in [0, 0.05) is 12.1 Å². The fourth-order valence-electron chi connectivity index (χ4n) is 2.54. The average molecular weight is 297 g/mol. The molecule has 0 saturated heterocycles. The number of hydrogen-bond acceptors (Lipinski definition) is 1. The monoisotopic (exact) mass is 296 g/mol. The summed E-state index contributed by atoms with van der Waals surface area (Å²) in [7, 11) is 0. The molecule has 0 bridgehead atoms. The zero-order valence-electron chi connectivity index (χ0n) is 12.5. The van der Waals surface area contributed by atoms with Crippen LogP contribution < -0.4 is 0 Å². The van der Waals surface area contributed by atoms with E-state index in [9.17, 15) is 4.39 Å². The van der Waals surface area contributed by atoms with Crippen molar-refractivity contribution in [1.29, 1.82) is 0 Å². The summed E-state index contributed by atoms with van der Waals surface area (Å²) < 4.78 is 15.5. The van der Waals surface area contributed by atoms with Crippen molar-refractivity contribution in [2.45, 2.75) is 52.0 Å². The first kappa shape index (κ1) is 15.3. The summed E-state index contributed by atoms with van der Waals surface area (Å²) in [5.74, 6) is 1.23. The second-order valence-electron chi connectivity index (χ2n) is 5.91. The summed E-state index contributed by atoms with van der Waals surface area (Å²) >= 11 is 6.25. The lowest BCUT2D eigenvalue weighted by Gasteiger charge is -2.19. The minimum absolute atomic E-state index is 0.188. The van der Waals surface area contributed by atoms with Crippen molar-refractivity contribution in [2.24, 2.45) is 5.92 Å². The predicted octanol–water partition coefficient (Wildman–Crippen LogP) is 5.47. The van der Waals surface area contributed by atoms with Crippen LogP contribution in [0.15, 0.2) is 18.2 Å². The maximum Gasteiger partial charge on any atom is 0.127 e. The third kappa shape index (κ3) is 3.14. The van der Waals surface area contributed by atoms with Crippen LogP contribution >= 0.6 is 11.6 Å². The molecule has 0 aliphatic rings. The lowest BCUT2D eigenvalue weighted by molar-refractivity contribution is 0.437. The first-order valence-corrected chi connectivity index (χ1v) is 7.65. The minimum atomic E-state index is -0.259. The highest BCUT2D eigenvalue weighted by molar-refractivity contribution is 6.20. The van der Waals surface area contributed by atoms with Gasteiger partial charge in [0.2, 0.25) is 0 Å². The number of benzene rings is 1. The van der Waals surface area contributed by atoms with Gasteiger partial charge in [-0.2, -0.15) is 0 Å². The van der Waals surface area contributed by atoms with E-state index in [-0.39, 0.29) is 11.2 Å². The van der Waals surface area contributed by atoms with Gasteiger partial charge >= 0.3 is 0 Å². The fraction of sp³-hybridized carbons (Fsp3) is 0.562. The average Bonchev–Trinajstić information content (AvgIpc) is 2.74. The van der Waals surface area contributed by atoms with Gasteiger partial charge in [-0.1, -0.05) is 13.8 Å². The van der Waals surface area contributed by atoms with Crippen molar-refractivity contribution in [3.05, 3.63) is 29.8 Å². The van der Waals surface area contributed by atoms with Crippen molar-refractivity contribution in [1.82, 2.24) is 9.55 Å². The first-order valence-electron chi connectivity index (χ1n) is 7.21. The van der Waals surface area contributed by atoms with Gasteiger partial charge in [-0.15, -0.1) is 11.6 Å². The van der Waals surface area contributed by atoms with Gasteiger partial charge in [0.15, 0.2) is 0 Å². The Balaban J connectivity index is 2.45. The van der Waals surface area contributed by atoms with E-state index < -0.39 is 0 Å². The van der Waals surface area contributed by atoms with Crippen molar-refractivity contribution in [3.8, 4) is 0 Å². The van der Waals surface area contributed by atoms with Gasteiger partial charge in [0.05, 0.1) is 16.4 Å². The molecule has 0 N–H and O–H groups in total. The molecule has 4 heteroatoms.